The van der Waals surface area contributed by atoms with Gasteiger partial charge in [-0.2, -0.15) is 5.26 Å². The Morgan fingerprint density at radius 3 is 2.94 bits per heavy atom. The fraction of sp³-hybridized carbons (Fsp3) is 0.500. The van der Waals surface area contributed by atoms with E-state index in [1.165, 1.54) is 11.1 Å². The van der Waals surface area contributed by atoms with E-state index in [-0.39, 0.29) is 5.54 Å². The number of nitriles is 1. The van der Waals surface area contributed by atoms with Gasteiger partial charge in [0.05, 0.1) is 18.2 Å². The summed E-state index contributed by atoms with van der Waals surface area (Å²) in [5, 5.41) is 12.4. The zero-order valence-electron chi connectivity index (χ0n) is 10.4. The van der Waals surface area contributed by atoms with Crippen molar-refractivity contribution in [3.63, 3.8) is 0 Å². The zero-order chi connectivity index (χ0) is 12.3. The third kappa shape index (κ3) is 2.85. The summed E-state index contributed by atoms with van der Waals surface area (Å²) in [6.07, 6.45) is 1.06. The summed E-state index contributed by atoms with van der Waals surface area (Å²) in [6.45, 7) is 6.69. The van der Waals surface area contributed by atoms with E-state index < -0.39 is 0 Å². The molecule has 0 radical (unpaired) electrons. The molecule has 1 aromatic carbocycles. The van der Waals surface area contributed by atoms with Crippen LogP contribution in [0, 0.1) is 18.3 Å². The molecule has 3 nitrogen and oxygen atoms in total. The van der Waals surface area contributed by atoms with Crippen molar-refractivity contribution in [3.8, 4) is 6.07 Å². The molecule has 1 saturated heterocycles. The fourth-order valence-electron chi connectivity index (χ4n) is 2.08. The number of nitrogens with one attached hydrogen (secondary N) is 1. The molecule has 0 spiro atoms. The van der Waals surface area contributed by atoms with Crippen molar-refractivity contribution in [1.82, 2.24) is 5.32 Å². The first-order valence-corrected chi connectivity index (χ1v) is 5.95. The Bertz CT molecular complexity index is 442. The summed E-state index contributed by atoms with van der Waals surface area (Å²) < 4.78 is 5.41. The standard InChI is InChI=1S/C14H18N2O/c1-11-7-12(8-15)3-4-13(11)9-16-14(2)5-6-17-10-14/h3-4,7,16H,5-6,9-10H2,1-2H3. The van der Waals surface area contributed by atoms with Gasteiger partial charge >= 0.3 is 0 Å². The summed E-state index contributed by atoms with van der Waals surface area (Å²) in [5.41, 5.74) is 3.23. The van der Waals surface area contributed by atoms with Crippen LogP contribution < -0.4 is 5.32 Å². The molecule has 0 aromatic heterocycles. The van der Waals surface area contributed by atoms with Crippen molar-refractivity contribution in [3.05, 3.63) is 34.9 Å². The molecule has 1 atom stereocenters. The summed E-state index contributed by atoms with van der Waals surface area (Å²) in [4.78, 5) is 0. The lowest BCUT2D eigenvalue weighted by Gasteiger charge is -2.24. The van der Waals surface area contributed by atoms with Crippen LogP contribution in [0.15, 0.2) is 18.2 Å². The molecule has 3 heteroatoms. The highest BCUT2D eigenvalue weighted by Gasteiger charge is 2.28. The third-order valence-electron chi connectivity index (χ3n) is 3.40. The summed E-state index contributed by atoms with van der Waals surface area (Å²) in [5.74, 6) is 0. The largest absolute Gasteiger partial charge is 0.379 e. The van der Waals surface area contributed by atoms with Gasteiger partial charge in [-0.15, -0.1) is 0 Å². The number of ether oxygens (including phenoxy) is 1. The van der Waals surface area contributed by atoms with Gasteiger partial charge in [0, 0.05) is 18.7 Å². The van der Waals surface area contributed by atoms with Crippen molar-refractivity contribution in [2.45, 2.75) is 32.4 Å². The molecule has 1 unspecified atom stereocenters. The van der Waals surface area contributed by atoms with Crippen LogP contribution in [0.5, 0.6) is 0 Å². The molecule has 1 heterocycles. The van der Waals surface area contributed by atoms with E-state index in [4.69, 9.17) is 10.00 Å². The van der Waals surface area contributed by atoms with Gasteiger partial charge in [-0.25, -0.2) is 0 Å². The molecule has 1 aromatic rings. The number of rotatable bonds is 3. The van der Waals surface area contributed by atoms with Gasteiger partial charge in [0.2, 0.25) is 0 Å². The second-order valence-corrected chi connectivity index (χ2v) is 4.97. The highest BCUT2D eigenvalue weighted by molar-refractivity contribution is 5.37. The maximum atomic E-state index is 8.81. The third-order valence-corrected chi connectivity index (χ3v) is 3.40. The van der Waals surface area contributed by atoms with Gasteiger partial charge in [-0.05, 0) is 43.5 Å². The molecule has 17 heavy (non-hydrogen) atoms. The second-order valence-electron chi connectivity index (χ2n) is 4.97. The number of benzene rings is 1. The first kappa shape index (κ1) is 12.1. The highest BCUT2D eigenvalue weighted by Crippen LogP contribution is 2.19. The van der Waals surface area contributed by atoms with Crippen LogP contribution in [0.2, 0.25) is 0 Å². The maximum absolute atomic E-state index is 8.81. The molecule has 0 amide bonds. The number of aryl methyl sites for hydroxylation is 1. The van der Waals surface area contributed by atoms with Crippen LogP contribution in [0.4, 0.5) is 0 Å². The lowest BCUT2D eigenvalue weighted by Crippen LogP contribution is -2.42. The van der Waals surface area contributed by atoms with Crippen molar-refractivity contribution >= 4 is 0 Å². The second kappa shape index (κ2) is 4.87. The minimum atomic E-state index is 0.0976. The molecule has 1 aliphatic rings. The fourth-order valence-corrected chi connectivity index (χ4v) is 2.08. The lowest BCUT2D eigenvalue weighted by molar-refractivity contribution is 0.171. The van der Waals surface area contributed by atoms with Crippen molar-refractivity contribution < 1.29 is 4.74 Å². The van der Waals surface area contributed by atoms with E-state index in [9.17, 15) is 0 Å². The van der Waals surface area contributed by atoms with Crippen LogP contribution in [-0.2, 0) is 11.3 Å². The predicted molar refractivity (Wildman–Crippen MR) is 66.6 cm³/mol. The lowest BCUT2D eigenvalue weighted by atomic mass is 10.00. The average molecular weight is 230 g/mol. The molecule has 90 valence electrons. The maximum Gasteiger partial charge on any atom is 0.0991 e. The Kier molecular flexibility index (Phi) is 3.46. The first-order chi connectivity index (χ1) is 8.13. The zero-order valence-corrected chi connectivity index (χ0v) is 10.4. The highest BCUT2D eigenvalue weighted by atomic mass is 16.5. The van der Waals surface area contributed by atoms with Crippen molar-refractivity contribution in [2.24, 2.45) is 0 Å². The SMILES string of the molecule is Cc1cc(C#N)ccc1CNC1(C)CCOC1. The molecule has 0 aliphatic carbocycles. The Morgan fingerprint density at radius 2 is 2.35 bits per heavy atom. The van der Waals surface area contributed by atoms with E-state index in [1.54, 1.807) is 0 Å². The summed E-state index contributed by atoms with van der Waals surface area (Å²) in [7, 11) is 0. The van der Waals surface area contributed by atoms with Gasteiger partial charge in [0.25, 0.3) is 0 Å². The van der Waals surface area contributed by atoms with Gasteiger partial charge in [0.1, 0.15) is 0 Å². The molecular weight excluding hydrogens is 212 g/mol. The topological polar surface area (TPSA) is 45.0 Å². The Balaban J connectivity index is 2.02. The Morgan fingerprint density at radius 1 is 1.53 bits per heavy atom. The van der Waals surface area contributed by atoms with Gasteiger partial charge < -0.3 is 10.1 Å². The van der Waals surface area contributed by atoms with E-state index in [1.807, 2.05) is 25.1 Å². The van der Waals surface area contributed by atoms with Crippen molar-refractivity contribution in [2.75, 3.05) is 13.2 Å². The van der Waals surface area contributed by atoms with Crippen LogP contribution in [-0.4, -0.2) is 18.8 Å². The minimum Gasteiger partial charge on any atom is -0.379 e. The Labute approximate surface area is 102 Å². The molecular formula is C14H18N2O. The molecule has 1 aliphatic heterocycles. The van der Waals surface area contributed by atoms with E-state index >= 15 is 0 Å². The van der Waals surface area contributed by atoms with E-state index in [2.05, 4.69) is 18.3 Å². The van der Waals surface area contributed by atoms with E-state index in [0.717, 1.165) is 31.7 Å². The molecule has 1 fully saturated rings. The molecule has 2 rings (SSSR count). The smallest absolute Gasteiger partial charge is 0.0991 e. The number of hydrogen-bond acceptors (Lipinski definition) is 3. The summed E-state index contributed by atoms with van der Waals surface area (Å²) >= 11 is 0. The molecule has 1 N–H and O–H groups in total. The van der Waals surface area contributed by atoms with Gasteiger partial charge in [0.15, 0.2) is 0 Å². The normalized spacial score (nSPS) is 23.6. The summed E-state index contributed by atoms with van der Waals surface area (Å²) in [6, 6.07) is 7.99. The first-order valence-electron chi connectivity index (χ1n) is 5.95. The van der Waals surface area contributed by atoms with E-state index in [0.29, 0.717) is 0 Å². The minimum absolute atomic E-state index is 0.0976. The average Bonchev–Trinajstić information content (AvgIpc) is 2.75. The van der Waals surface area contributed by atoms with Crippen molar-refractivity contribution in [1.29, 1.82) is 5.26 Å². The van der Waals surface area contributed by atoms with Crippen LogP contribution in [0.25, 0.3) is 0 Å². The Hall–Kier alpha value is -1.37. The van der Waals surface area contributed by atoms with Crippen LogP contribution in [0.3, 0.4) is 0 Å². The quantitative estimate of drug-likeness (QED) is 0.865. The number of hydrogen-bond donors (Lipinski definition) is 1. The predicted octanol–water partition coefficient (Wildman–Crippen LogP) is 2.14. The van der Waals surface area contributed by atoms with Crippen LogP contribution in [0.1, 0.15) is 30.0 Å². The van der Waals surface area contributed by atoms with Gasteiger partial charge in [-0.1, -0.05) is 6.07 Å². The monoisotopic (exact) mass is 230 g/mol. The van der Waals surface area contributed by atoms with Crippen LogP contribution >= 0.6 is 0 Å². The van der Waals surface area contributed by atoms with Gasteiger partial charge in [-0.3, -0.25) is 0 Å². The molecule has 0 saturated carbocycles. The molecule has 0 bridgehead atoms. The number of nitrogens with zero attached hydrogens (tertiary/aromatic N) is 1.